The topological polar surface area (TPSA) is 30.5 Å². The van der Waals surface area contributed by atoms with E-state index in [2.05, 4.69) is 31.3 Å². The zero-order valence-corrected chi connectivity index (χ0v) is 20.7. The van der Waals surface area contributed by atoms with E-state index in [9.17, 15) is 4.39 Å². The largest absolute Gasteiger partial charge is 0.490 e. The minimum atomic E-state index is -0.349. The fourth-order valence-electron chi connectivity index (χ4n) is 7.78. The average molecular weight is 472 g/mol. The molecule has 33 heavy (non-hydrogen) atoms. The first-order valence-corrected chi connectivity index (χ1v) is 12.6. The molecule has 4 aliphatic carbocycles. The smallest absolute Gasteiger partial charge is 0.161 e. The third kappa shape index (κ3) is 4.74. The molecule has 4 bridgehead atoms. The molecule has 0 radical (unpaired) electrons. The minimum absolute atomic E-state index is 0.262. The van der Waals surface area contributed by atoms with Gasteiger partial charge < -0.3 is 14.8 Å². The summed E-state index contributed by atoms with van der Waals surface area (Å²) in [6.07, 6.45) is 8.11. The Balaban J connectivity index is 1.28. The van der Waals surface area contributed by atoms with Crippen molar-refractivity contribution in [3.63, 3.8) is 0 Å². The van der Waals surface area contributed by atoms with Gasteiger partial charge in [-0.05, 0) is 92.0 Å². The van der Waals surface area contributed by atoms with Crippen molar-refractivity contribution >= 4 is 11.6 Å². The number of nitrogens with one attached hydrogen (secondary N) is 1. The predicted molar refractivity (Wildman–Crippen MR) is 130 cm³/mol. The summed E-state index contributed by atoms with van der Waals surface area (Å²) in [5.74, 6) is 1.93. The lowest BCUT2D eigenvalue weighted by Gasteiger charge is -2.65. The molecule has 1 N–H and O–H groups in total. The molecule has 2 aromatic rings. The number of rotatable bonds is 8. The van der Waals surface area contributed by atoms with Crippen LogP contribution in [-0.2, 0) is 13.2 Å². The van der Waals surface area contributed by atoms with E-state index in [1.165, 1.54) is 56.2 Å². The van der Waals surface area contributed by atoms with E-state index in [0.29, 0.717) is 28.2 Å². The second-order valence-electron chi connectivity index (χ2n) is 11.5. The van der Waals surface area contributed by atoms with Gasteiger partial charge in [0, 0.05) is 17.6 Å². The van der Waals surface area contributed by atoms with E-state index < -0.39 is 0 Å². The Morgan fingerprint density at radius 1 is 0.970 bits per heavy atom. The Bertz CT molecular complexity index is 1020. The Kier molecular flexibility index (Phi) is 5.89. The maximum atomic E-state index is 13.3. The van der Waals surface area contributed by atoms with Gasteiger partial charge >= 0.3 is 0 Å². The summed E-state index contributed by atoms with van der Waals surface area (Å²) < 4.78 is 25.2. The second kappa shape index (κ2) is 8.46. The van der Waals surface area contributed by atoms with Crippen LogP contribution in [-0.4, -0.2) is 12.1 Å². The summed E-state index contributed by atoms with van der Waals surface area (Å²) in [5.41, 5.74) is 3.21. The van der Waals surface area contributed by atoms with Gasteiger partial charge in [-0.2, -0.15) is 0 Å². The van der Waals surface area contributed by atoms with Crippen molar-refractivity contribution in [2.24, 2.45) is 16.7 Å². The number of ether oxygens (including phenoxy) is 2. The third-order valence-electron chi connectivity index (χ3n) is 8.00. The predicted octanol–water partition coefficient (Wildman–Crippen LogP) is 7.30. The molecule has 4 fully saturated rings. The van der Waals surface area contributed by atoms with Gasteiger partial charge in [0.25, 0.3) is 0 Å². The monoisotopic (exact) mass is 471 g/mol. The van der Waals surface area contributed by atoms with E-state index in [1.807, 2.05) is 13.0 Å². The standard InChI is InChI=1S/C28H35ClFNO2/c1-4-32-25-9-19(5-8-24(25)33-15-21-6-7-22(30)10-23(21)29)14-31-28-13-20-11-26(2,17-28)16-27(3,12-20)18-28/h5-10,20,31H,4,11-18H2,1-3H3/t20?,26-,27+,28?. The first-order chi connectivity index (χ1) is 15.7. The molecular weight excluding hydrogens is 437 g/mol. The zero-order valence-electron chi connectivity index (χ0n) is 20.0. The average Bonchev–Trinajstić information content (AvgIpc) is 2.70. The number of halogens is 2. The Hall–Kier alpha value is -1.78. The van der Waals surface area contributed by atoms with Gasteiger partial charge in [0.2, 0.25) is 0 Å². The van der Waals surface area contributed by atoms with Crippen molar-refractivity contribution in [3.8, 4) is 11.5 Å². The molecule has 4 atom stereocenters. The van der Waals surface area contributed by atoms with Crippen LogP contribution in [0.4, 0.5) is 4.39 Å². The molecule has 0 aliphatic heterocycles. The van der Waals surface area contributed by atoms with Crippen LogP contribution in [0.25, 0.3) is 0 Å². The molecule has 6 rings (SSSR count). The maximum Gasteiger partial charge on any atom is 0.161 e. The number of hydrogen-bond acceptors (Lipinski definition) is 3. The third-order valence-corrected chi connectivity index (χ3v) is 8.35. The normalized spacial score (nSPS) is 32.2. The molecule has 4 saturated carbocycles. The lowest BCUT2D eigenvalue weighted by atomic mass is 9.43. The quantitative estimate of drug-likeness (QED) is 0.438. The van der Waals surface area contributed by atoms with E-state index >= 15 is 0 Å². The molecule has 0 saturated heterocycles. The molecule has 0 aromatic heterocycles. The second-order valence-corrected chi connectivity index (χ2v) is 11.9. The van der Waals surface area contributed by atoms with Gasteiger partial charge in [-0.3, -0.25) is 0 Å². The number of hydrogen-bond donors (Lipinski definition) is 1. The Morgan fingerprint density at radius 3 is 2.39 bits per heavy atom. The maximum absolute atomic E-state index is 13.3. The summed E-state index contributed by atoms with van der Waals surface area (Å²) in [6, 6.07) is 10.5. The lowest BCUT2D eigenvalue weighted by Crippen LogP contribution is -2.63. The first-order valence-electron chi connectivity index (χ1n) is 12.3. The SMILES string of the molecule is CCOc1cc(CNC23CC4C[C@@](C)(C2)C[C@](C)(C4)C3)ccc1OCc1ccc(F)cc1Cl. The molecule has 2 unspecified atom stereocenters. The van der Waals surface area contributed by atoms with Crippen molar-refractivity contribution in [2.45, 2.75) is 78.0 Å². The van der Waals surface area contributed by atoms with Crippen LogP contribution in [0, 0.1) is 22.6 Å². The molecule has 0 spiro atoms. The van der Waals surface area contributed by atoms with E-state index in [4.69, 9.17) is 21.1 Å². The van der Waals surface area contributed by atoms with Crippen LogP contribution in [0.1, 0.15) is 70.4 Å². The van der Waals surface area contributed by atoms with Crippen LogP contribution >= 0.6 is 11.6 Å². The van der Waals surface area contributed by atoms with Crippen molar-refractivity contribution in [2.75, 3.05) is 6.61 Å². The van der Waals surface area contributed by atoms with Gasteiger partial charge in [-0.1, -0.05) is 37.6 Å². The highest BCUT2D eigenvalue weighted by molar-refractivity contribution is 6.31. The minimum Gasteiger partial charge on any atom is -0.490 e. The fraction of sp³-hybridized carbons (Fsp3) is 0.571. The van der Waals surface area contributed by atoms with Gasteiger partial charge in [-0.25, -0.2) is 4.39 Å². The van der Waals surface area contributed by atoms with Gasteiger partial charge in [0.05, 0.1) is 11.6 Å². The lowest BCUT2D eigenvalue weighted by molar-refractivity contribution is -0.118. The number of benzene rings is 2. The first kappa shape index (κ1) is 23.0. The Labute approximate surface area is 202 Å². The van der Waals surface area contributed by atoms with E-state index in [0.717, 1.165) is 23.8 Å². The Morgan fingerprint density at radius 2 is 1.73 bits per heavy atom. The van der Waals surface area contributed by atoms with Crippen molar-refractivity contribution in [1.29, 1.82) is 0 Å². The molecule has 4 aliphatic rings. The highest BCUT2D eigenvalue weighted by Gasteiger charge is 2.59. The fourth-order valence-corrected chi connectivity index (χ4v) is 8.00. The highest BCUT2D eigenvalue weighted by atomic mass is 35.5. The molecule has 0 amide bonds. The van der Waals surface area contributed by atoms with Crippen molar-refractivity contribution in [1.82, 2.24) is 5.32 Å². The van der Waals surface area contributed by atoms with Crippen LogP contribution in [0.2, 0.25) is 5.02 Å². The van der Waals surface area contributed by atoms with Gasteiger partial charge in [0.15, 0.2) is 11.5 Å². The molecule has 5 heteroatoms. The molecule has 0 heterocycles. The molecular formula is C28H35ClFNO2. The van der Waals surface area contributed by atoms with Gasteiger partial charge in [0.1, 0.15) is 12.4 Å². The van der Waals surface area contributed by atoms with Crippen LogP contribution < -0.4 is 14.8 Å². The molecule has 2 aromatic carbocycles. The van der Waals surface area contributed by atoms with Crippen molar-refractivity contribution < 1.29 is 13.9 Å². The summed E-state index contributed by atoms with van der Waals surface area (Å²) in [6.45, 7) is 8.66. The van der Waals surface area contributed by atoms with Crippen molar-refractivity contribution in [3.05, 3.63) is 58.4 Å². The van der Waals surface area contributed by atoms with Crippen LogP contribution in [0.3, 0.4) is 0 Å². The van der Waals surface area contributed by atoms with Crippen LogP contribution in [0.5, 0.6) is 11.5 Å². The summed E-state index contributed by atoms with van der Waals surface area (Å²) in [5, 5.41) is 4.37. The van der Waals surface area contributed by atoms with E-state index in [-0.39, 0.29) is 18.0 Å². The van der Waals surface area contributed by atoms with E-state index in [1.54, 1.807) is 6.07 Å². The van der Waals surface area contributed by atoms with Crippen LogP contribution in [0.15, 0.2) is 36.4 Å². The molecule has 3 nitrogen and oxygen atoms in total. The zero-order chi connectivity index (χ0) is 23.3. The summed E-state index contributed by atoms with van der Waals surface area (Å²) in [4.78, 5) is 0. The summed E-state index contributed by atoms with van der Waals surface area (Å²) >= 11 is 6.15. The summed E-state index contributed by atoms with van der Waals surface area (Å²) in [7, 11) is 0. The molecule has 178 valence electrons. The van der Waals surface area contributed by atoms with Gasteiger partial charge in [-0.15, -0.1) is 0 Å². The highest BCUT2D eigenvalue weighted by Crippen LogP contribution is 2.66.